The van der Waals surface area contributed by atoms with E-state index in [1.54, 1.807) is 18.5 Å². The van der Waals surface area contributed by atoms with Crippen LogP contribution >= 0.6 is 0 Å². The first-order chi connectivity index (χ1) is 10.1. The lowest BCUT2D eigenvalue weighted by molar-refractivity contribution is 0.0929. The smallest absolute Gasteiger partial charge is 0.270 e. The van der Waals surface area contributed by atoms with E-state index in [0.717, 1.165) is 24.4 Å². The Hall–Kier alpha value is -2.37. The average molecular weight is 288 g/mol. The van der Waals surface area contributed by atoms with Crippen molar-refractivity contribution in [2.45, 2.75) is 33.2 Å². The number of aromatic nitrogens is 2. The molecule has 6 nitrogen and oxygen atoms in total. The number of rotatable bonds is 6. The number of pyridine rings is 1. The molecule has 6 heteroatoms. The van der Waals surface area contributed by atoms with E-state index >= 15 is 0 Å². The number of nitrogens with one attached hydrogen (secondary N) is 2. The van der Waals surface area contributed by atoms with Crippen LogP contribution in [0.5, 0.6) is 0 Å². The lowest BCUT2D eigenvalue weighted by Gasteiger charge is -2.11. The third-order valence-electron chi connectivity index (χ3n) is 2.93. The van der Waals surface area contributed by atoms with Crippen molar-refractivity contribution in [3.05, 3.63) is 41.9 Å². The zero-order valence-electron chi connectivity index (χ0n) is 12.5. The second-order valence-electron chi connectivity index (χ2n) is 4.86. The molecule has 0 aliphatic heterocycles. The van der Waals surface area contributed by atoms with Crippen LogP contribution in [-0.2, 0) is 0 Å². The highest BCUT2D eigenvalue weighted by Crippen LogP contribution is 2.13. The van der Waals surface area contributed by atoms with E-state index in [0.29, 0.717) is 11.6 Å². The van der Waals surface area contributed by atoms with Crippen molar-refractivity contribution >= 4 is 11.6 Å². The molecule has 0 radical (unpaired) electrons. The molecule has 2 heterocycles. The molecule has 0 fully saturated rings. The van der Waals surface area contributed by atoms with Crippen molar-refractivity contribution in [1.82, 2.24) is 15.3 Å². The van der Waals surface area contributed by atoms with Gasteiger partial charge in [-0.1, -0.05) is 6.92 Å². The molecule has 0 saturated carbocycles. The fourth-order valence-corrected chi connectivity index (χ4v) is 1.84. The minimum Gasteiger partial charge on any atom is -0.444 e. The van der Waals surface area contributed by atoms with Gasteiger partial charge < -0.3 is 15.1 Å². The Kier molecular flexibility index (Phi) is 4.92. The minimum absolute atomic E-state index is 0.251. The molecule has 2 aromatic heterocycles. The van der Waals surface area contributed by atoms with Gasteiger partial charge in [0.25, 0.3) is 5.91 Å². The highest BCUT2D eigenvalue weighted by Gasteiger charge is 2.16. The van der Waals surface area contributed by atoms with Gasteiger partial charge in [-0.2, -0.15) is 0 Å². The van der Waals surface area contributed by atoms with Gasteiger partial charge in [-0.3, -0.25) is 9.78 Å². The standard InChI is InChI=1S/C15H20N4O2/c1-4-6-16-12-5-7-17-13(8-12)14(20)19-11(3)15-18-9-10(2)21-15/h5,7-9,11H,4,6H2,1-3H3,(H,16,17)(H,19,20). The first-order valence-corrected chi connectivity index (χ1v) is 7.03. The molecule has 0 aliphatic carbocycles. The zero-order valence-corrected chi connectivity index (χ0v) is 12.5. The minimum atomic E-state index is -0.305. The van der Waals surface area contributed by atoms with Gasteiger partial charge in [0.1, 0.15) is 17.5 Å². The lowest BCUT2D eigenvalue weighted by Crippen LogP contribution is -2.27. The van der Waals surface area contributed by atoms with Gasteiger partial charge in [0.2, 0.25) is 5.89 Å². The molecule has 1 unspecified atom stereocenters. The fraction of sp³-hybridized carbons (Fsp3) is 0.400. The van der Waals surface area contributed by atoms with E-state index in [-0.39, 0.29) is 11.9 Å². The second-order valence-corrected chi connectivity index (χ2v) is 4.86. The van der Waals surface area contributed by atoms with Crippen LogP contribution < -0.4 is 10.6 Å². The maximum atomic E-state index is 12.2. The Morgan fingerprint density at radius 3 is 2.90 bits per heavy atom. The predicted octanol–water partition coefficient (Wildman–Crippen LogP) is 2.69. The van der Waals surface area contributed by atoms with E-state index in [1.165, 1.54) is 0 Å². The number of hydrogen-bond donors (Lipinski definition) is 2. The molecule has 2 N–H and O–H groups in total. The number of aryl methyl sites for hydroxylation is 1. The second kappa shape index (κ2) is 6.88. The summed E-state index contributed by atoms with van der Waals surface area (Å²) in [4.78, 5) is 20.4. The van der Waals surface area contributed by atoms with Gasteiger partial charge in [0, 0.05) is 18.4 Å². The normalized spacial score (nSPS) is 12.0. The monoisotopic (exact) mass is 288 g/mol. The molecular weight excluding hydrogens is 268 g/mol. The Morgan fingerprint density at radius 1 is 1.43 bits per heavy atom. The van der Waals surface area contributed by atoms with Crippen molar-refractivity contribution in [1.29, 1.82) is 0 Å². The molecule has 21 heavy (non-hydrogen) atoms. The van der Waals surface area contributed by atoms with Crippen LogP contribution in [0.1, 0.15) is 48.4 Å². The zero-order chi connectivity index (χ0) is 15.2. The summed E-state index contributed by atoms with van der Waals surface area (Å²) in [6, 6.07) is 3.27. The topological polar surface area (TPSA) is 80.0 Å². The largest absolute Gasteiger partial charge is 0.444 e. The van der Waals surface area contributed by atoms with Crippen LogP contribution in [0.4, 0.5) is 5.69 Å². The van der Waals surface area contributed by atoms with Crippen molar-refractivity contribution in [3.63, 3.8) is 0 Å². The number of nitrogens with zero attached hydrogens (tertiary/aromatic N) is 2. The van der Waals surface area contributed by atoms with E-state index in [2.05, 4.69) is 27.5 Å². The molecule has 2 rings (SSSR count). The van der Waals surface area contributed by atoms with Crippen LogP contribution in [0, 0.1) is 6.92 Å². The molecule has 0 saturated heterocycles. The molecule has 112 valence electrons. The molecule has 1 amide bonds. The van der Waals surface area contributed by atoms with Gasteiger partial charge in [-0.15, -0.1) is 0 Å². The summed E-state index contributed by atoms with van der Waals surface area (Å²) in [6.07, 6.45) is 4.27. The predicted molar refractivity (Wildman–Crippen MR) is 80.1 cm³/mol. The number of carbonyl (C=O) groups excluding carboxylic acids is 1. The maximum absolute atomic E-state index is 12.2. The van der Waals surface area contributed by atoms with Gasteiger partial charge in [0.05, 0.1) is 6.20 Å². The molecule has 0 bridgehead atoms. The average Bonchev–Trinajstić information content (AvgIpc) is 2.92. The van der Waals surface area contributed by atoms with Crippen molar-refractivity contribution in [3.8, 4) is 0 Å². The van der Waals surface area contributed by atoms with Crippen molar-refractivity contribution in [2.75, 3.05) is 11.9 Å². The van der Waals surface area contributed by atoms with E-state index in [4.69, 9.17) is 4.42 Å². The van der Waals surface area contributed by atoms with Crippen LogP contribution in [0.15, 0.2) is 28.9 Å². The number of hydrogen-bond acceptors (Lipinski definition) is 5. The van der Waals surface area contributed by atoms with Gasteiger partial charge >= 0.3 is 0 Å². The maximum Gasteiger partial charge on any atom is 0.270 e. The molecule has 0 spiro atoms. The highest BCUT2D eigenvalue weighted by molar-refractivity contribution is 5.93. The van der Waals surface area contributed by atoms with Gasteiger partial charge in [-0.05, 0) is 32.4 Å². The Morgan fingerprint density at radius 2 is 2.24 bits per heavy atom. The van der Waals surface area contributed by atoms with Crippen LogP contribution in [0.2, 0.25) is 0 Å². The quantitative estimate of drug-likeness (QED) is 0.854. The van der Waals surface area contributed by atoms with Crippen LogP contribution in [0.3, 0.4) is 0 Å². The van der Waals surface area contributed by atoms with Gasteiger partial charge in [0.15, 0.2) is 0 Å². The lowest BCUT2D eigenvalue weighted by atomic mass is 10.2. The molecular formula is C15H20N4O2. The first-order valence-electron chi connectivity index (χ1n) is 7.03. The summed E-state index contributed by atoms with van der Waals surface area (Å²) < 4.78 is 5.40. The highest BCUT2D eigenvalue weighted by atomic mass is 16.4. The van der Waals surface area contributed by atoms with E-state index in [9.17, 15) is 4.79 Å². The fourth-order valence-electron chi connectivity index (χ4n) is 1.84. The Balaban J connectivity index is 2.02. The Labute approximate surface area is 124 Å². The third-order valence-corrected chi connectivity index (χ3v) is 2.93. The number of anilines is 1. The van der Waals surface area contributed by atoms with E-state index in [1.807, 2.05) is 19.9 Å². The van der Waals surface area contributed by atoms with E-state index < -0.39 is 0 Å². The summed E-state index contributed by atoms with van der Waals surface area (Å²) in [5.74, 6) is 0.953. The summed E-state index contributed by atoms with van der Waals surface area (Å²) >= 11 is 0. The summed E-state index contributed by atoms with van der Waals surface area (Å²) in [5, 5.41) is 6.05. The number of oxazole rings is 1. The molecule has 1 atom stereocenters. The van der Waals surface area contributed by atoms with Gasteiger partial charge in [-0.25, -0.2) is 4.98 Å². The van der Waals surface area contributed by atoms with Crippen LogP contribution in [0.25, 0.3) is 0 Å². The summed E-state index contributed by atoms with van der Waals surface area (Å²) in [7, 11) is 0. The first kappa shape index (κ1) is 15.0. The molecule has 2 aromatic rings. The molecule has 0 aliphatic rings. The number of carbonyl (C=O) groups is 1. The van der Waals surface area contributed by atoms with Crippen molar-refractivity contribution in [2.24, 2.45) is 0 Å². The molecule has 0 aromatic carbocycles. The third kappa shape index (κ3) is 4.05. The number of amides is 1. The summed E-state index contributed by atoms with van der Waals surface area (Å²) in [6.45, 7) is 6.58. The SMILES string of the molecule is CCCNc1ccnc(C(=O)NC(C)c2ncc(C)o2)c1. The van der Waals surface area contributed by atoms with Crippen LogP contribution in [-0.4, -0.2) is 22.4 Å². The Bertz CT molecular complexity index is 609. The van der Waals surface area contributed by atoms with Crippen molar-refractivity contribution < 1.29 is 9.21 Å². The summed E-state index contributed by atoms with van der Waals surface area (Å²) in [5.41, 5.74) is 1.25.